The number of hydrogen-bond acceptors (Lipinski definition) is 2. The zero-order valence-corrected chi connectivity index (χ0v) is 12.6. The normalized spacial score (nSPS) is 11.0. The van der Waals surface area contributed by atoms with Gasteiger partial charge in [-0.05, 0) is 30.3 Å². The summed E-state index contributed by atoms with van der Waals surface area (Å²) in [6, 6.07) is 10.5. The molecule has 0 amide bonds. The van der Waals surface area contributed by atoms with Crippen molar-refractivity contribution in [1.82, 2.24) is 9.55 Å². The maximum atomic E-state index is 14.0. The van der Waals surface area contributed by atoms with Gasteiger partial charge < -0.3 is 9.30 Å². The van der Waals surface area contributed by atoms with Crippen LogP contribution >= 0.6 is 15.9 Å². The molecule has 0 aliphatic heterocycles. The average Bonchev–Trinajstić information content (AvgIpc) is 2.78. The molecule has 0 aliphatic rings. The minimum Gasteiger partial charge on any atom is -0.497 e. The van der Waals surface area contributed by atoms with E-state index in [1.54, 1.807) is 19.2 Å². The Morgan fingerprint density at radius 3 is 2.75 bits per heavy atom. The third kappa shape index (κ3) is 2.08. The number of aryl methyl sites for hydroxylation is 1. The number of hydrogen-bond donors (Lipinski definition) is 0. The molecule has 20 heavy (non-hydrogen) atoms. The molecule has 1 heterocycles. The second-order valence-electron chi connectivity index (χ2n) is 4.47. The number of benzene rings is 2. The highest BCUT2D eigenvalue weighted by molar-refractivity contribution is 9.10. The Labute approximate surface area is 124 Å². The molecule has 3 rings (SSSR count). The van der Waals surface area contributed by atoms with Crippen LogP contribution in [0.5, 0.6) is 5.75 Å². The van der Waals surface area contributed by atoms with Crippen LogP contribution in [0.15, 0.2) is 40.9 Å². The van der Waals surface area contributed by atoms with Gasteiger partial charge in [0.15, 0.2) is 0 Å². The van der Waals surface area contributed by atoms with Crippen LogP contribution in [0, 0.1) is 5.82 Å². The maximum Gasteiger partial charge on any atom is 0.143 e. The molecule has 2 aromatic carbocycles. The Kier molecular flexibility index (Phi) is 3.22. The summed E-state index contributed by atoms with van der Waals surface area (Å²) in [5, 5.41) is 0. The first-order valence-electron chi connectivity index (χ1n) is 6.06. The highest BCUT2D eigenvalue weighted by Gasteiger charge is 2.14. The molecule has 0 fully saturated rings. The summed E-state index contributed by atoms with van der Waals surface area (Å²) in [5.74, 6) is 1.03. The molecule has 0 saturated carbocycles. The molecule has 0 atom stereocenters. The Balaban J connectivity index is 2.26. The van der Waals surface area contributed by atoms with Gasteiger partial charge in [-0.15, -0.1) is 0 Å². The van der Waals surface area contributed by atoms with Crippen molar-refractivity contribution in [2.45, 2.75) is 0 Å². The monoisotopic (exact) mass is 334 g/mol. The number of fused-ring (bicyclic) bond motifs is 1. The molecule has 3 aromatic rings. The van der Waals surface area contributed by atoms with Crippen molar-refractivity contribution in [1.29, 1.82) is 0 Å². The fourth-order valence-corrected chi connectivity index (χ4v) is 2.58. The van der Waals surface area contributed by atoms with Crippen LogP contribution in [-0.4, -0.2) is 16.7 Å². The van der Waals surface area contributed by atoms with Crippen molar-refractivity contribution >= 4 is 27.0 Å². The number of imidazole rings is 1. The predicted molar refractivity (Wildman–Crippen MR) is 80.4 cm³/mol. The van der Waals surface area contributed by atoms with Crippen LogP contribution in [0.25, 0.3) is 22.4 Å². The van der Waals surface area contributed by atoms with E-state index >= 15 is 0 Å². The van der Waals surface area contributed by atoms with Crippen LogP contribution < -0.4 is 4.74 Å². The van der Waals surface area contributed by atoms with Crippen molar-refractivity contribution in [3.05, 3.63) is 46.7 Å². The van der Waals surface area contributed by atoms with Crippen LogP contribution in [0.2, 0.25) is 0 Å². The Bertz CT molecular complexity index is 798. The average molecular weight is 335 g/mol. The summed E-state index contributed by atoms with van der Waals surface area (Å²) in [6.45, 7) is 0. The van der Waals surface area contributed by atoms with E-state index in [0.717, 1.165) is 21.3 Å². The number of nitrogens with zero attached hydrogens (tertiary/aromatic N) is 2. The molecule has 1 aromatic heterocycles. The summed E-state index contributed by atoms with van der Waals surface area (Å²) >= 11 is 3.36. The number of rotatable bonds is 2. The SMILES string of the molecule is COc1ccc2c(c1)nc(-c1cc(Br)ccc1F)n2C. The second-order valence-corrected chi connectivity index (χ2v) is 5.39. The van der Waals surface area contributed by atoms with Crippen LogP contribution in [-0.2, 0) is 7.05 Å². The van der Waals surface area contributed by atoms with Gasteiger partial charge in [0.2, 0.25) is 0 Å². The van der Waals surface area contributed by atoms with Gasteiger partial charge in [-0.1, -0.05) is 15.9 Å². The lowest BCUT2D eigenvalue weighted by molar-refractivity contribution is 0.415. The largest absolute Gasteiger partial charge is 0.497 e. The first-order valence-corrected chi connectivity index (χ1v) is 6.85. The zero-order chi connectivity index (χ0) is 14.3. The number of aromatic nitrogens is 2. The van der Waals surface area contributed by atoms with Crippen molar-refractivity contribution in [3.8, 4) is 17.1 Å². The molecule has 0 bridgehead atoms. The van der Waals surface area contributed by atoms with Crippen LogP contribution in [0.3, 0.4) is 0 Å². The van der Waals surface area contributed by atoms with Gasteiger partial charge in [-0.3, -0.25) is 0 Å². The lowest BCUT2D eigenvalue weighted by Crippen LogP contribution is -1.95. The Morgan fingerprint density at radius 2 is 2.00 bits per heavy atom. The minimum atomic E-state index is -0.293. The van der Waals surface area contributed by atoms with E-state index in [9.17, 15) is 4.39 Å². The van der Waals surface area contributed by atoms with E-state index in [-0.39, 0.29) is 5.82 Å². The number of methoxy groups -OCH3 is 1. The number of halogens is 2. The Hall–Kier alpha value is -1.88. The third-order valence-corrected chi connectivity index (χ3v) is 3.75. The third-order valence-electron chi connectivity index (χ3n) is 3.26. The predicted octanol–water partition coefficient (Wildman–Crippen LogP) is 4.15. The Morgan fingerprint density at radius 1 is 1.20 bits per heavy atom. The lowest BCUT2D eigenvalue weighted by Gasteiger charge is -2.04. The lowest BCUT2D eigenvalue weighted by atomic mass is 10.2. The summed E-state index contributed by atoms with van der Waals surface area (Å²) in [5.41, 5.74) is 2.18. The fourth-order valence-electron chi connectivity index (χ4n) is 2.22. The van der Waals surface area contributed by atoms with Crippen molar-refractivity contribution in [3.63, 3.8) is 0 Å². The van der Waals surface area contributed by atoms with Crippen molar-refractivity contribution in [2.75, 3.05) is 7.11 Å². The van der Waals surface area contributed by atoms with Gasteiger partial charge >= 0.3 is 0 Å². The van der Waals surface area contributed by atoms with Gasteiger partial charge in [0.1, 0.15) is 17.4 Å². The van der Waals surface area contributed by atoms with E-state index in [0.29, 0.717) is 11.4 Å². The van der Waals surface area contributed by atoms with Crippen molar-refractivity contribution < 1.29 is 9.13 Å². The van der Waals surface area contributed by atoms with E-state index in [4.69, 9.17) is 4.74 Å². The van der Waals surface area contributed by atoms with E-state index < -0.39 is 0 Å². The zero-order valence-electron chi connectivity index (χ0n) is 11.0. The van der Waals surface area contributed by atoms with E-state index in [1.165, 1.54) is 6.07 Å². The second kappa shape index (κ2) is 4.90. The molecule has 102 valence electrons. The van der Waals surface area contributed by atoms with Gasteiger partial charge in [0.25, 0.3) is 0 Å². The first kappa shape index (κ1) is 13.1. The fraction of sp³-hybridized carbons (Fsp3) is 0.133. The summed E-state index contributed by atoms with van der Waals surface area (Å²) in [4.78, 5) is 4.52. The summed E-state index contributed by atoms with van der Waals surface area (Å²) in [7, 11) is 3.48. The molecular formula is C15H12BrFN2O. The van der Waals surface area contributed by atoms with Gasteiger partial charge in [-0.2, -0.15) is 0 Å². The van der Waals surface area contributed by atoms with E-state index in [1.807, 2.05) is 29.8 Å². The molecule has 0 N–H and O–H groups in total. The molecular weight excluding hydrogens is 323 g/mol. The van der Waals surface area contributed by atoms with Crippen LogP contribution in [0.4, 0.5) is 4.39 Å². The molecule has 0 spiro atoms. The quantitative estimate of drug-likeness (QED) is 0.703. The van der Waals surface area contributed by atoms with Gasteiger partial charge in [-0.25, -0.2) is 9.37 Å². The molecule has 0 radical (unpaired) electrons. The minimum absolute atomic E-state index is 0.293. The topological polar surface area (TPSA) is 27.1 Å². The standard InChI is InChI=1S/C15H12BrFN2O/c1-19-14-6-4-10(20-2)8-13(14)18-15(19)11-7-9(16)3-5-12(11)17/h3-8H,1-2H3. The highest BCUT2D eigenvalue weighted by atomic mass is 79.9. The first-order chi connectivity index (χ1) is 9.60. The smallest absolute Gasteiger partial charge is 0.143 e. The molecule has 0 aliphatic carbocycles. The molecule has 5 heteroatoms. The van der Waals surface area contributed by atoms with Crippen molar-refractivity contribution in [2.24, 2.45) is 7.05 Å². The maximum absolute atomic E-state index is 14.0. The highest BCUT2D eigenvalue weighted by Crippen LogP contribution is 2.29. The molecule has 0 unspecified atom stereocenters. The summed E-state index contributed by atoms with van der Waals surface area (Å²) < 4.78 is 21.9. The van der Waals surface area contributed by atoms with Gasteiger partial charge in [0.05, 0.1) is 23.7 Å². The number of ether oxygens (including phenoxy) is 1. The van der Waals surface area contributed by atoms with E-state index in [2.05, 4.69) is 20.9 Å². The van der Waals surface area contributed by atoms with Crippen LogP contribution in [0.1, 0.15) is 0 Å². The summed E-state index contributed by atoms with van der Waals surface area (Å²) in [6.07, 6.45) is 0. The molecule has 3 nitrogen and oxygen atoms in total. The molecule has 0 saturated heterocycles. The van der Waals surface area contributed by atoms with Gasteiger partial charge in [0, 0.05) is 17.6 Å².